The van der Waals surface area contributed by atoms with Crippen LogP contribution in [0, 0.1) is 29.1 Å². The van der Waals surface area contributed by atoms with E-state index in [1.165, 1.54) is 25.8 Å². The molecule has 128 valence electrons. The van der Waals surface area contributed by atoms with Gasteiger partial charge in [0.1, 0.15) is 0 Å². The van der Waals surface area contributed by atoms with Gasteiger partial charge in [-0.15, -0.1) is 0 Å². The summed E-state index contributed by atoms with van der Waals surface area (Å²) >= 11 is 0. The van der Waals surface area contributed by atoms with Crippen molar-refractivity contribution < 1.29 is 0 Å². The van der Waals surface area contributed by atoms with E-state index in [4.69, 9.17) is 0 Å². The Balaban J connectivity index is 1.89. The summed E-state index contributed by atoms with van der Waals surface area (Å²) in [7, 11) is 0. The first-order chi connectivity index (χ1) is 10.9. The lowest BCUT2D eigenvalue weighted by Gasteiger charge is -2.41. The lowest BCUT2D eigenvalue weighted by atomic mass is 9.64. The van der Waals surface area contributed by atoms with Gasteiger partial charge in [-0.1, -0.05) is 65.0 Å². The van der Waals surface area contributed by atoms with Gasteiger partial charge >= 0.3 is 0 Å². The van der Waals surface area contributed by atoms with Gasteiger partial charge in [0, 0.05) is 6.04 Å². The van der Waals surface area contributed by atoms with E-state index in [-0.39, 0.29) is 0 Å². The van der Waals surface area contributed by atoms with Gasteiger partial charge in [-0.05, 0) is 66.4 Å². The Labute approximate surface area is 143 Å². The number of hydrogen-bond donors (Lipinski definition) is 1. The molecule has 23 heavy (non-hydrogen) atoms. The van der Waals surface area contributed by atoms with Crippen molar-refractivity contribution in [2.45, 2.75) is 65.8 Å². The maximum absolute atomic E-state index is 3.73. The molecule has 1 heterocycles. The fraction of sp³-hybridized carbons (Fsp3) is 0.727. The summed E-state index contributed by atoms with van der Waals surface area (Å²) in [6.07, 6.45) is 4.05. The van der Waals surface area contributed by atoms with Crippen LogP contribution < -0.4 is 5.32 Å². The minimum absolute atomic E-state index is 0.390. The second-order valence-corrected chi connectivity index (χ2v) is 9.03. The molecule has 1 nitrogen and oxygen atoms in total. The molecule has 1 aliphatic heterocycles. The zero-order valence-electron chi connectivity index (χ0n) is 15.7. The van der Waals surface area contributed by atoms with E-state index in [0.29, 0.717) is 11.3 Å². The highest BCUT2D eigenvalue weighted by molar-refractivity contribution is 5.24. The lowest BCUT2D eigenvalue weighted by Crippen LogP contribution is -2.37. The van der Waals surface area contributed by atoms with Crippen molar-refractivity contribution >= 4 is 0 Å². The minimum atomic E-state index is 0.390. The maximum Gasteiger partial charge on any atom is 0.00727 e. The molecule has 0 amide bonds. The first-order valence-electron chi connectivity index (χ1n) is 9.70. The Morgan fingerprint density at radius 1 is 1.00 bits per heavy atom. The van der Waals surface area contributed by atoms with E-state index in [1.807, 2.05) is 0 Å². The first kappa shape index (κ1) is 17.0. The molecule has 2 aliphatic rings. The number of hydrogen-bond acceptors (Lipinski definition) is 1. The molecule has 3 rings (SSSR count). The highest BCUT2D eigenvalue weighted by Gasteiger charge is 2.51. The fourth-order valence-electron chi connectivity index (χ4n) is 5.87. The summed E-state index contributed by atoms with van der Waals surface area (Å²) in [5, 5.41) is 3.73. The topological polar surface area (TPSA) is 12.0 Å². The van der Waals surface area contributed by atoms with Crippen molar-refractivity contribution in [2.75, 3.05) is 6.54 Å². The molecule has 6 atom stereocenters. The summed E-state index contributed by atoms with van der Waals surface area (Å²) in [6.45, 7) is 13.8. The summed E-state index contributed by atoms with van der Waals surface area (Å²) in [5.41, 5.74) is 1.95. The lowest BCUT2D eigenvalue weighted by molar-refractivity contribution is 0.119. The second-order valence-electron chi connectivity index (χ2n) is 9.03. The SMILES string of the molecule is CC1C(C)C(c2ccccc2)C(C(C)(C)CC2CCCN2)C1C. The van der Waals surface area contributed by atoms with Gasteiger partial charge in [0.15, 0.2) is 0 Å². The molecule has 1 saturated carbocycles. The number of nitrogens with one attached hydrogen (secondary N) is 1. The standard InChI is InChI=1S/C22H35N/c1-15-16(2)20(18-10-7-6-8-11-18)21(17(15)3)22(4,5)14-19-12-9-13-23-19/h6-8,10-11,15-17,19-21,23H,9,12-14H2,1-5H3. The van der Waals surface area contributed by atoms with Gasteiger partial charge < -0.3 is 5.32 Å². The van der Waals surface area contributed by atoms with Crippen LogP contribution in [0.5, 0.6) is 0 Å². The smallest absolute Gasteiger partial charge is 0.00727 e. The van der Waals surface area contributed by atoms with Gasteiger partial charge in [0.2, 0.25) is 0 Å². The monoisotopic (exact) mass is 313 g/mol. The van der Waals surface area contributed by atoms with E-state index in [0.717, 1.165) is 29.7 Å². The molecule has 1 aromatic carbocycles. The van der Waals surface area contributed by atoms with Crippen molar-refractivity contribution in [2.24, 2.45) is 29.1 Å². The van der Waals surface area contributed by atoms with Crippen molar-refractivity contribution in [1.29, 1.82) is 0 Å². The van der Waals surface area contributed by atoms with Crippen LogP contribution in [0.15, 0.2) is 30.3 Å². The van der Waals surface area contributed by atoms with Crippen LogP contribution in [0.4, 0.5) is 0 Å². The van der Waals surface area contributed by atoms with Crippen LogP contribution in [0.1, 0.15) is 65.4 Å². The van der Waals surface area contributed by atoms with E-state index in [9.17, 15) is 0 Å². The highest BCUT2D eigenvalue weighted by Crippen LogP contribution is 2.58. The van der Waals surface area contributed by atoms with Crippen LogP contribution >= 0.6 is 0 Å². The van der Waals surface area contributed by atoms with Crippen molar-refractivity contribution in [3.05, 3.63) is 35.9 Å². The summed E-state index contributed by atoms with van der Waals surface area (Å²) < 4.78 is 0. The predicted molar refractivity (Wildman–Crippen MR) is 99.6 cm³/mol. The molecule has 1 aliphatic carbocycles. The van der Waals surface area contributed by atoms with Gasteiger partial charge in [0.05, 0.1) is 0 Å². The molecule has 0 radical (unpaired) electrons. The Morgan fingerprint density at radius 2 is 1.70 bits per heavy atom. The van der Waals surface area contributed by atoms with E-state index >= 15 is 0 Å². The fourth-order valence-corrected chi connectivity index (χ4v) is 5.87. The zero-order chi connectivity index (χ0) is 16.6. The predicted octanol–water partition coefficient (Wildman–Crippen LogP) is 5.48. The van der Waals surface area contributed by atoms with Crippen LogP contribution in [-0.2, 0) is 0 Å². The Hall–Kier alpha value is -0.820. The van der Waals surface area contributed by atoms with E-state index < -0.39 is 0 Å². The Bertz CT molecular complexity index is 500. The third-order valence-corrected chi connectivity index (χ3v) is 7.20. The zero-order valence-corrected chi connectivity index (χ0v) is 15.7. The number of benzene rings is 1. The third-order valence-electron chi connectivity index (χ3n) is 7.20. The van der Waals surface area contributed by atoms with Crippen LogP contribution in [0.2, 0.25) is 0 Å². The normalized spacial score (nSPS) is 38.1. The van der Waals surface area contributed by atoms with E-state index in [1.54, 1.807) is 5.56 Å². The average Bonchev–Trinajstić information content (AvgIpc) is 3.10. The molecular weight excluding hydrogens is 278 g/mol. The van der Waals surface area contributed by atoms with Crippen molar-refractivity contribution in [3.8, 4) is 0 Å². The Morgan fingerprint density at radius 3 is 2.30 bits per heavy atom. The second kappa shape index (κ2) is 6.59. The molecule has 1 heteroatoms. The van der Waals surface area contributed by atoms with Crippen LogP contribution in [-0.4, -0.2) is 12.6 Å². The summed E-state index contributed by atoms with van der Waals surface area (Å²) in [4.78, 5) is 0. The highest BCUT2D eigenvalue weighted by atomic mass is 14.9. The minimum Gasteiger partial charge on any atom is -0.314 e. The van der Waals surface area contributed by atoms with Crippen molar-refractivity contribution in [1.82, 2.24) is 5.32 Å². The largest absolute Gasteiger partial charge is 0.314 e. The third kappa shape index (κ3) is 3.22. The Kier molecular flexibility index (Phi) is 4.88. The van der Waals surface area contributed by atoms with Crippen LogP contribution in [0.25, 0.3) is 0 Å². The average molecular weight is 314 g/mol. The molecule has 6 unspecified atom stereocenters. The molecule has 2 fully saturated rings. The van der Waals surface area contributed by atoms with Crippen LogP contribution in [0.3, 0.4) is 0 Å². The maximum atomic E-state index is 3.73. The molecule has 1 saturated heterocycles. The molecule has 1 aromatic rings. The quantitative estimate of drug-likeness (QED) is 0.776. The van der Waals surface area contributed by atoms with Gasteiger partial charge in [-0.25, -0.2) is 0 Å². The van der Waals surface area contributed by atoms with Gasteiger partial charge in [-0.2, -0.15) is 0 Å². The summed E-state index contributed by atoms with van der Waals surface area (Å²) in [6, 6.07) is 12.1. The number of rotatable bonds is 4. The van der Waals surface area contributed by atoms with Crippen molar-refractivity contribution in [3.63, 3.8) is 0 Å². The molecular formula is C22H35N. The molecule has 0 bridgehead atoms. The first-order valence-corrected chi connectivity index (χ1v) is 9.70. The molecule has 0 spiro atoms. The van der Waals surface area contributed by atoms with E-state index in [2.05, 4.69) is 70.3 Å². The van der Waals surface area contributed by atoms with Gasteiger partial charge in [0.25, 0.3) is 0 Å². The molecule has 1 N–H and O–H groups in total. The summed E-state index contributed by atoms with van der Waals surface area (Å²) in [5.74, 6) is 3.86. The molecule has 0 aromatic heterocycles. The van der Waals surface area contributed by atoms with Gasteiger partial charge in [-0.3, -0.25) is 0 Å².